The lowest BCUT2D eigenvalue weighted by Gasteiger charge is -2.05. The lowest BCUT2D eigenvalue weighted by Crippen LogP contribution is -2.15. The van der Waals surface area contributed by atoms with E-state index in [1.807, 2.05) is 12.1 Å². The number of rotatable bonds is 3. The van der Waals surface area contributed by atoms with Crippen LogP contribution in [-0.2, 0) is 11.2 Å². The first kappa shape index (κ1) is 15.6. The number of anilines is 1. The molecule has 114 valence electrons. The molecule has 1 amide bonds. The molecule has 1 heterocycles. The van der Waals surface area contributed by atoms with Crippen molar-refractivity contribution in [2.45, 2.75) is 6.42 Å². The summed E-state index contributed by atoms with van der Waals surface area (Å²) in [7, 11) is 0. The van der Waals surface area contributed by atoms with Crippen molar-refractivity contribution in [1.29, 1.82) is 5.26 Å². The highest BCUT2D eigenvalue weighted by Crippen LogP contribution is 2.30. The molecule has 1 aliphatic rings. The number of carbonyl (C=O) groups is 1. The number of benzene rings is 2. The van der Waals surface area contributed by atoms with Crippen LogP contribution in [0.2, 0.25) is 5.02 Å². The highest BCUT2D eigenvalue weighted by molar-refractivity contribution is 8.14. The van der Waals surface area contributed by atoms with Gasteiger partial charge in [0, 0.05) is 17.1 Å². The van der Waals surface area contributed by atoms with Gasteiger partial charge in [-0.15, -0.1) is 11.8 Å². The number of carbonyl (C=O) groups excluding carboxylic acids is 1. The van der Waals surface area contributed by atoms with Gasteiger partial charge in [0.15, 0.2) is 0 Å². The van der Waals surface area contributed by atoms with Crippen molar-refractivity contribution in [2.75, 3.05) is 11.1 Å². The molecule has 0 bridgehead atoms. The summed E-state index contributed by atoms with van der Waals surface area (Å²) in [6.45, 7) is 0. The number of amides is 1. The van der Waals surface area contributed by atoms with E-state index in [9.17, 15) is 4.79 Å². The highest BCUT2D eigenvalue weighted by atomic mass is 35.5. The highest BCUT2D eigenvalue weighted by Gasteiger charge is 2.16. The predicted molar refractivity (Wildman–Crippen MR) is 94.5 cm³/mol. The number of halogens is 1. The summed E-state index contributed by atoms with van der Waals surface area (Å²) in [5.74, 6) is 0.203. The van der Waals surface area contributed by atoms with Crippen LogP contribution in [0.3, 0.4) is 0 Å². The SMILES string of the molecule is N#Cc1ccc2c(c1)CC(SCC(=O)Nc1ccc(Cl)cc1)=N2. The van der Waals surface area contributed by atoms with Gasteiger partial charge in [-0.2, -0.15) is 5.26 Å². The maximum atomic E-state index is 12.0. The Morgan fingerprint density at radius 3 is 2.83 bits per heavy atom. The lowest BCUT2D eigenvalue weighted by molar-refractivity contribution is -0.113. The van der Waals surface area contributed by atoms with Gasteiger partial charge in [0.2, 0.25) is 5.91 Å². The molecule has 0 unspecified atom stereocenters. The summed E-state index contributed by atoms with van der Waals surface area (Å²) in [6.07, 6.45) is 0.670. The minimum absolute atomic E-state index is 0.0892. The van der Waals surface area contributed by atoms with Gasteiger partial charge in [-0.3, -0.25) is 4.79 Å². The first-order valence-electron chi connectivity index (χ1n) is 6.93. The largest absolute Gasteiger partial charge is 0.325 e. The van der Waals surface area contributed by atoms with E-state index in [4.69, 9.17) is 16.9 Å². The zero-order chi connectivity index (χ0) is 16.2. The summed E-state index contributed by atoms with van der Waals surface area (Å²) < 4.78 is 0. The van der Waals surface area contributed by atoms with Crippen molar-refractivity contribution in [2.24, 2.45) is 4.99 Å². The zero-order valence-electron chi connectivity index (χ0n) is 12.0. The predicted octanol–water partition coefficient (Wildman–Crippen LogP) is 4.17. The number of aliphatic imine (C=N–C) groups is 1. The Hall–Kier alpha value is -2.29. The minimum Gasteiger partial charge on any atom is -0.325 e. The molecule has 23 heavy (non-hydrogen) atoms. The Kier molecular flexibility index (Phi) is 4.65. The third-order valence-electron chi connectivity index (χ3n) is 3.29. The Bertz CT molecular complexity index is 825. The number of nitrogens with one attached hydrogen (secondary N) is 1. The molecule has 0 fully saturated rings. The van der Waals surface area contributed by atoms with E-state index in [0.29, 0.717) is 22.8 Å². The number of hydrogen-bond acceptors (Lipinski definition) is 4. The van der Waals surface area contributed by atoms with Crippen molar-refractivity contribution in [1.82, 2.24) is 0 Å². The van der Waals surface area contributed by atoms with E-state index in [2.05, 4.69) is 16.4 Å². The van der Waals surface area contributed by atoms with Crippen LogP contribution in [-0.4, -0.2) is 16.7 Å². The zero-order valence-corrected chi connectivity index (χ0v) is 13.6. The molecule has 2 aromatic rings. The average molecular weight is 342 g/mol. The van der Waals surface area contributed by atoms with Crippen LogP contribution in [0.15, 0.2) is 47.5 Å². The van der Waals surface area contributed by atoms with Crippen LogP contribution in [0.4, 0.5) is 11.4 Å². The van der Waals surface area contributed by atoms with Crippen molar-refractivity contribution in [3.05, 3.63) is 58.6 Å². The normalized spacial score (nSPS) is 12.3. The molecule has 1 N–H and O–H groups in total. The van der Waals surface area contributed by atoms with E-state index in [1.54, 1.807) is 30.3 Å². The number of nitrogens with zero attached hydrogens (tertiary/aromatic N) is 2. The summed E-state index contributed by atoms with van der Waals surface area (Å²) in [6, 6.07) is 14.5. The van der Waals surface area contributed by atoms with Crippen molar-refractivity contribution >= 4 is 45.7 Å². The maximum absolute atomic E-state index is 12.0. The Labute approximate surface area is 143 Å². The van der Waals surface area contributed by atoms with Gasteiger partial charge < -0.3 is 5.32 Å². The number of thioether (sulfide) groups is 1. The molecular formula is C17H12ClN3OS. The van der Waals surface area contributed by atoms with E-state index in [-0.39, 0.29) is 5.91 Å². The number of hydrogen-bond donors (Lipinski definition) is 1. The average Bonchev–Trinajstić information content (AvgIpc) is 2.97. The van der Waals surface area contributed by atoms with Crippen LogP contribution < -0.4 is 5.32 Å². The Morgan fingerprint density at radius 2 is 2.09 bits per heavy atom. The molecule has 1 aliphatic heterocycles. The van der Waals surface area contributed by atoms with Gasteiger partial charge in [-0.25, -0.2) is 4.99 Å². The monoisotopic (exact) mass is 341 g/mol. The molecule has 0 spiro atoms. The second kappa shape index (κ2) is 6.86. The van der Waals surface area contributed by atoms with E-state index in [1.165, 1.54) is 11.8 Å². The Morgan fingerprint density at radius 1 is 1.30 bits per heavy atom. The Balaban J connectivity index is 1.54. The topological polar surface area (TPSA) is 65.2 Å². The molecule has 6 heteroatoms. The lowest BCUT2D eigenvalue weighted by atomic mass is 10.1. The second-order valence-electron chi connectivity index (χ2n) is 4.98. The molecule has 3 rings (SSSR count). The van der Waals surface area contributed by atoms with Crippen molar-refractivity contribution in [3.8, 4) is 6.07 Å². The smallest absolute Gasteiger partial charge is 0.234 e. The first-order chi connectivity index (χ1) is 11.1. The standard InChI is InChI=1S/C17H12ClN3OS/c18-13-2-4-14(5-3-13)20-16(22)10-23-17-8-12-7-11(9-19)1-6-15(12)21-17/h1-7H,8,10H2,(H,20,22). The first-order valence-corrected chi connectivity index (χ1v) is 8.29. The molecule has 2 aromatic carbocycles. The fourth-order valence-corrected chi connectivity index (χ4v) is 3.12. The fourth-order valence-electron chi connectivity index (χ4n) is 2.20. The van der Waals surface area contributed by atoms with Crippen molar-refractivity contribution in [3.63, 3.8) is 0 Å². The summed E-state index contributed by atoms with van der Waals surface area (Å²) in [4.78, 5) is 16.5. The summed E-state index contributed by atoms with van der Waals surface area (Å²) >= 11 is 7.22. The second-order valence-corrected chi connectivity index (χ2v) is 6.47. The molecule has 0 aromatic heterocycles. The van der Waals surface area contributed by atoms with Crippen LogP contribution in [0, 0.1) is 11.3 Å². The number of nitriles is 1. The minimum atomic E-state index is -0.0892. The molecule has 0 atom stereocenters. The molecule has 0 aliphatic carbocycles. The summed E-state index contributed by atoms with van der Waals surface area (Å²) in [5, 5.41) is 13.3. The van der Waals surface area contributed by atoms with Gasteiger partial charge in [-0.05, 0) is 48.0 Å². The van der Waals surface area contributed by atoms with Gasteiger partial charge in [0.05, 0.1) is 28.1 Å². The maximum Gasteiger partial charge on any atom is 0.234 e. The van der Waals surface area contributed by atoms with Crippen molar-refractivity contribution < 1.29 is 4.79 Å². The molecule has 0 saturated carbocycles. The quantitative estimate of drug-likeness (QED) is 0.911. The number of fused-ring (bicyclic) bond motifs is 1. The molecule has 0 radical (unpaired) electrons. The van der Waals surface area contributed by atoms with E-state index in [0.717, 1.165) is 22.0 Å². The fraction of sp³-hybridized carbons (Fsp3) is 0.118. The van der Waals surface area contributed by atoms with Crippen LogP contribution in [0.1, 0.15) is 11.1 Å². The van der Waals surface area contributed by atoms with Gasteiger partial charge in [-0.1, -0.05) is 11.6 Å². The van der Waals surface area contributed by atoms with Crippen LogP contribution in [0.5, 0.6) is 0 Å². The molecule has 0 saturated heterocycles. The van der Waals surface area contributed by atoms with Gasteiger partial charge in [0.25, 0.3) is 0 Å². The van der Waals surface area contributed by atoms with Crippen LogP contribution >= 0.6 is 23.4 Å². The van der Waals surface area contributed by atoms with Crippen LogP contribution in [0.25, 0.3) is 0 Å². The molecule has 4 nitrogen and oxygen atoms in total. The van der Waals surface area contributed by atoms with Gasteiger partial charge in [0.1, 0.15) is 0 Å². The van der Waals surface area contributed by atoms with E-state index < -0.39 is 0 Å². The van der Waals surface area contributed by atoms with Gasteiger partial charge >= 0.3 is 0 Å². The van der Waals surface area contributed by atoms with E-state index >= 15 is 0 Å². The summed E-state index contributed by atoms with van der Waals surface area (Å²) in [5.41, 5.74) is 3.26. The molecular weight excluding hydrogens is 330 g/mol. The third-order valence-corrected chi connectivity index (χ3v) is 4.52. The third kappa shape index (κ3) is 3.92.